The van der Waals surface area contributed by atoms with Gasteiger partial charge in [-0.05, 0) is 60.4 Å². The largest absolute Gasteiger partial charge is 0.456 e. The summed E-state index contributed by atoms with van der Waals surface area (Å²) in [6.07, 6.45) is 3.50. The highest BCUT2D eigenvalue weighted by molar-refractivity contribution is 7.25. The van der Waals surface area contributed by atoms with Gasteiger partial charge in [-0.15, -0.1) is 11.3 Å². The van der Waals surface area contributed by atoms with Crippen LogP contribution in [-0.2, 0) is 6.42 Å². The SMILES string of the molecule is CCCCc1ccc2sc3cc(-c4nc(-c5ccccc5)nc(-c5cccc6oc7c(-c8cccc9oc%10ccccc%10c89)cccc7c56)n4)ccc3c2c1. The van der Waals surface area contributed by atoms with E-state index in [1.165, 1.54) is 38.6 Å². The number of fused-ring (bicyclic) bond motifs is 9. The summed E-state index contributed by atoms with van der Waals surface area (Å²) in [7, 11) is 0. The summed E-state index contributed by atoms with van der Waals surface area (Å²) in [6.45, 7) is 2.25. The Labute approximate surface area is 320 Å². The van der Waals surface area contributed by atoms with Crippen LogP contribution in [0, 0.1) is 0 Å². The highest BCUT2D eigenvalue weighted by atomic mass is 32.1. The summed E-state index contributed by atoms with van der Waals surface area (Å²) < 4.78 is 15.6. The molecule has 0 fully saturated rings. The second kappa shape index (κ2) is 12.8. The molecule has 5 nitrogen and oxygen atoms in total. The van der Waals surface area contributed by atoms with E-state index in [1.807, 2.05) is 65.9 Å². The number of unbranched alkanes of at least 4 members (excludes halogenated alkanes) is 1. The topological polar surface area (TPSA) is 65.0 Å². The fourth-order valence-corrected chi connectivity index (χ4v) is 9.21. The van der Waals surface area contributed by atoms with Gasteiger partial charge in [0.1, 0.15) is 22.3 Å². The zero-order valence-corrected chi connectivity index (χ0v) is 30.9. The third-order valence-electron chi connectivity index (χ3n) is 10.7. The first-order valence-electron chi connectivity index (χ1n) is 18.8. The van der Waals surface area contributed by atoms with E-state index >= 15 is 0 Å². The normalized spacial score (nSPS) is 11.9. The van der Waals surface area contributed by atoms with Crippen LogP contribution >= 0.6 is 11.3 Å². The van der Waals surface area contributed by atoms with Crippen LogP contribution in [0.25, 0.3) is 109 Å². The monoisotopic (exact) mass is 727 g/mol. The van der Waals surface area contributed by atoms with Crippen molar-refractivity contribution in [2.75, 3.05) is 0 Å². The molecule has 0 atom stereocenters. The van der Waals surface area contributed by atoms with Crippen molar-refractivity contribution >= 4 is 75.4 Å². The molecule has 4 aromatic heterocycles. The van der Waals surface area contributed by atoms with E-state index in [9.17, 15) is 0 Å². The molecule has 11 aromatic rings. The first-order valence-corrected chi connectivity index (χ1v) is 19.6. The third-order valence-corrected chi connectivity index (χ3v) is 11.9. The van der Waals surface area contributed by atoms with Crippen molar-refractivity contribution in [1.82, 2.24) is 15.0 Å². The van der Waals surface area contributed by atoms with Crippen molar-refractivity contribution in [3.8, 4) is 45.3 Å². The molecule has 4 heterocycles. The van der Waals surface area contributed by atoms with Crippen molar-refractivity contribution in [3.05, 3.63) is 151 Å². The molecule has 0 amide bonds. The minimum atomic E-state index is 0.600. The van der Waals surface area contributed by atoms with Crippen molar-refractivity contribution in [2.24, 2.45) is 0 Å². The predicted octanol–water partition coefficient (Wildman–Crippen LogP) is 14.0. The Morgan fingerprint density at radius 1 is 0.473 bits per heavy atom. The molecule has 0 aliphatic carbocycles. The Hall–Kier alpha value is -6.63. The van der Waals surface area contributed by atoms with Crippen molar-refractivity contribution in [3.63, 3.8) is 0 Å². The van der Waals surface area contributed by atoms with E-state index in [0.717, 1.165) is 78.1 Å². The maximum absolute atomic E-state index is 6.77. The molecule has 0 radical (unpaired) electrons. The quantitative estimate of drug-likeness (QED) is 0.164. The van der Waals surface area contributed by atoms with Gasteiger partial charge in [-0.25, -0.2) is 15.0 Å². The lowest BCUT2D eigenvalue weighted by molar-refractivity contribution is 0.668. The Balaban J connectivity index is 1.10. The number of rotatable bonds is 7. The molecule has 0 N–H and O–H groups in total. The van der Waals surface area contributed by atoms with E-state index in [4.69, 9.17) is 23.8 Å². The van der Waals surface area contributed by atoms with Crippen molar-refractivity contribution in [2.45, 2.75) is 26.2 Å². The van der Waals surface area contributed by atoms with Crippen LogP contribution in [-0.4, -0.2) is 15.0 Å². The molecule has 262 valence electrons. The molecular weight excluding hydrogens is 695 g/mol. The van der Waals surface area contributed by atoms with Gasteiger partial charge in [-0.1, -0.05) is 123 Å². The Bertz CT molecular complexity index is 3260. The molecular formula is C49H33N3O2S. The number of aromatic nitrogens is 3. The summed E-state index contributed by atoms with van der Waals surface area (Å²) in [5.41, 5.74) is 9.56. The summed E-state index contributed by atoms with van der Waals surface area (Å²) in [4.78, 5) is 15.5. The molecule has 6 heteroatoms. The van der Waals surface area contributed by atoms with E-state index in [2.05, 4.69) is 97.9 Å². The molecule has 0 saturated carbocycles. The van der Waals surface area contributed by atoms with Gasteiger partial charge < -0.3 is 8.83 Å². The van der Waals surface area contributed by atoms with Gasteiger partial charge in [0.25, 0.3) is 0 Å². The molecule has 11 rings (SSSR count). The Morgan fingerprint density at radius 2 is 1.16 bits per heavy atom. The van der Waals surface area contributed by atoms with Crippen LogP contribution in [0.15, 0.2) is 154 Å². The number of furan rings is 2. The molecule has 0 saturated heterocycles. The molecule has 55 heavy (non-hydrogen) atoms. The van der Waals surface area contributed by atoms with Gasteiger partial charge in [0, 0.05) is 64.0 Å². The molecule has 0 bridgehead atoms. The van der Waals surface area contributed by atoms with E-state index in [-0.39, 0.29) is 0 Å². The van der Waals surface area contributed by atoms with Gasteiger partial charge in [0.05, 0.1) is 0 Å². The van der Waals surface area contributed by atoms with Crippen LogP contribution in [0.3, 0.4) is 0 Å². The van der Waals surface area contributed by atoms with Gasteiger partial charge in [-0.2, -0.15) is 0 Å². The highest BCUT2D eigenvalue weighted by Crippen LogP contribution is 2.44. The molecule has 0 spiro atoms. The number of nitrogens with zero attached hydrogens (tertiary/aromatic N) is 3. The highest BCUT2D eigenvalue weighted by Gasteiger charge is 2.21. The first kappa shape index (κ1) is 31.9. The maximum atomic E-state index is 6.77. The summed E-state index contributed by atoms with van der Waals surface area (Å²) in [6, 6.07) is 50.6. The number of hydrogen-bond donors (Lipinski definition) is 0. The summed E-state index contributed by atoms with van der Waals surface area (Å²) >= 11 is 1.82. The standard InChI is InChI=1S/C49H33N3O2S/c1-2-3-12-29-23-26-42-38(27-29)32-25-24-31(28-43(32)55-42)48-50-47(30-13-5-4-6-14-30)51-49(52-48)37-19-11-22-41-45(37)36-18-9-17-34(46(36)54-41)33-16-10-21-40-44(33)35-15-7-8-20-39(35)53-40/h4-11,13-28H,2-3,12H2,1H3. The predicted molar refractivity (Wildman–Crippen MR) is 228 cm³/mol. The number of thiophene rings is 1. The fourth-order valence-electron chi connectivity index (χ4n) is 8.09. The zero-order chi connectivity index (χ0) is 36.5. The molecule has 0 aliphatic rings. The average molecular weight is 728 g/mol. The van der Waals surface area contributed by atoms with Crippen LogP contribution in [0.4, 0.5) is 0 Å². The zero-order valence-electron chi connectivity index (χ0n) is 30.0. The minimum Gasteiger partial charge on any atom is -0.456 e. The van der Waals surface area contributed by atoms with Crippen LogP contribution in [0.5, 0.6) is 0 Å². The van der Waals surface area contributed by atoms with Crippen molar-refractivity contribution < 1.29 is 8.83 Å². The fraction of sp³-hybridized carbons (Fsp3) is 0.0816. The Kier molecular flexibility index (Phi) is 7.39. The lowest BCUT2D eigenvalue weighted by Crippen LogP contribution is -2.00. The minimum absolute atomic E-state index is 0.600. The molecule has 7 aromatic carbocycles. The van der Waals surface area contributed by atoms with Gasteiger partial charge in [0.15, 0.2) is 17.5 Å². The summed E-state index contributed by atoms with van der Waals surface area (Å²) in [5.74, 6) is 1.86. The van der Waals surface area contributed by atoms with E-state index < -0.39 is 0 Å². The second-order valence-corrected chi connectivity index (χ2v) is 15.2. The first-order chi connectivity index (χ1) is 27.2. The number of benzene rings is 7. The lowest BCUT2D eigenvalue weighted by Gasteiger charge is -2.09. The van der Waals surface area contributed by atoms with Gasteiger partial charge in [0.2, 0.25) is 0 Å². The number of hydrogen-bond acceptors (Lipinski definition) is 6. The third kappa shape index (κ3) is 5.24. The van der Waals surface area contributed by atoms with Crippen LogP contribution in [0.1, 0.15) is 25.3 Å². The van der Waals surface area contributed by atoms with Crippen molar-refractivity contribution in [1.29, 1.82) is 0 Å². The summed E-state index contributed by atoms with van der Waals surface area (Å²) in [5, 5.41) is 6.72. The van der Waals surface area contributed by atoms with E-state index in [0.29, 0.717) is 17.5 Å². The van der Waals surface area contributed by atoms with Crippen LogP contribution < -0.4 is 0 Å². The number of para-hydroxylation sites is 2. The lowest BCUT2D eigenvalue weighted by atomic mass is 9.97. The molecule has 0 aliphatic heterocycles. The number of aryl methyl sites for hydroxylation is 1. The second-order valence-electron chi connectivity index (χ2n) is 14.2. The van der Waals surface area contributed by atoms with Gasteiger partial charge in [-0.3, -0.25) is 0 Å². The maximum Gasteiger partial charge on any atom is 0.164 e. The smallest absolute Gasteiger partial charge is 0.164 e. The van der Waals surface area contributed by atoms with Crippen LogP contribution in [0.2, 0.25) is 0 Å². The average Bonchev–Trinajstić information content (AvgIpc) is 3.94. The Morgan fingerprint density at radius 3 is 2.04 bits per heavy atom. The molecule has 0 unspecified atom stereocenters. The van der Waals surface area contributed by atoms with Gasteiger partial charge >= 0.3 is 0 Å². The van der Waals surface area contributed by atoms with E-state index in [1.54, 1.807) is 0 Å².